The van der Waals surface area contributed by atoms with Crippen molar-refractivity contribution in [2.45, 2.75) is 39.5 Å². The fourth-order valence-electron chi connectivity index (χ4n) is 2.53. The molecule has 0 aliphatic heterocycles. The normalized spacial score (nSPS) is 16.7. The van der Waals surface area contributed by atoms with E-state index in [9.17, 15) is 10.1 Å². The molecule has 7 nitrogen and oxygen atoms in total. The molecule has 0 amide bonds. The molecule has 1 aromatic rings. The third kappa shape index (κ3) is 2.59. The predicted octanol–water partition coefficient (Wildman–Crippen LogP) is 2.27. The van der Waals surface area contributed by atoms with Crippen LogP contribution in [0.2, 0.25) is 0 Å². The number of nitrogens with zero attached hydrogens (tertiary/aromatic N) is 3. The maximum absolute atomic E-state index is 11.1. The van der Waals surface area contributed by atoms with E-state index in [4.69, 9.17) is 5.73 Å². The van der Waals surface area contributed by atoms with Gasteiger partial charge in [0.1, 0.15) is 5.69 Å². The van der Waals surface area contributed by atoms with Crippen molar-refractivity contribution < 1.29 is 4.92 Å². The quantitative estimate of drug-likeness (QED) is 0.624. The van der Waals surface area contributed by atoms with Gasteiger partial charge in [0.15, 0.2) is 0 Å². The smallest absolute Gasteiger partial charge is 0.332 e. The van der Waals surface area contributed by atoms with E-state index in [-0.39, 0.29) is 22.9 Å². The van der Waals surface area contributed by atoms with E-state index in [1.54, 1.807) is 6.92 Å². The minimum atomic E-state index is -0.462. The minimum absolute atomic E-state index is 0.0600. The highest BCUT2D eigenvalue weighted by Gasteiger charge is 2.35. The lowest BCUT2D eigenvalue weighted by Gasteiger charge is -2.41. The number of rotatable bonds is 5. The summed E-state index contributed by atoms with van der Waals surface area (Å²) in [4.78, 5) is 18.4. The zero-order chi connectivity index (χ0) is 14.0. The Morgan fingerprint density at radius 2 is 2.16 bits per heavy atom. The molecule has 0 bridgehead atoms. The zero-order valence-corrected chi connectivity index (χ0v) is 11.3. The van der Waals surface area contributed by atoms with Crippen LogP contribution in [0.5, 0.6) is 0 Å². The Balaban J connectivity index is 2.21. The number of hydrogen-bond donors (Lipinski definition) is 2. The van der Waals surface area contributed by atoms with Gasteiger partial charge >= 0.3 is 5.69 Å². The molecule has 0 unspecified atom stereocenters. The van der Waals surface area contributed by atoms with Gasteiger partial charge in [-0.2, -0.15) is 4.98 Å². The van der Waals surface area contributed by atoms with Crippen molar-refractivity contribution >= 4 is 17.5 Å². The molecule has 1 heterocycles. The number of anilines is 2. The highest BCUT2D eigenvalue weighted by atomic mass is 16.6. The summed E-state index contributed by atoms with van der Waals surface area (Å²) in [5.41, 5.74) is 6.02. The molecule has 7 heteroatoms. The summed E-state index contributed by atoms with van der Waals surface area (Å²) in [6.45, 7) is 4.41. The van der Waals surface area contributed by atoms with Gasteiger partial charge in [-0.15, -0.1) is 0 Å². The first kappa shape index (κ1) is 13.5. The summed E-state index contributed by atoms with van der Waals surface area (Å²) in [5, 5.41) is 14.2. The molecule has 1 aromatic heterocycles. The van der Waals surface area contributed by atoms with Crippen LogP contribution in [0.1, 0.15) is 38.3 Å². The molecule has 1 aliphatic rings. The molecule has 0 radical (unpaired) electrons. The lowest BCUT2D eigenvalue weighted by Crippen LogP contribution is -2.36. The average Bonchev–Trinajstić information content (AvgIpc) is 2.26. The third-order valence-corrected chi connectivity index (χ3v) is 4.05. The Morgan fingerprint density at radius 3 is 2.63 bits per heavy atom. The van der Waals surface area contributed by atoms with E-state index in [0.29, 0.717) is 12.2 Å². The molecule has 1 fully saturated rings. The molecule has 1 saturated carbocycles. The first-order chi connectivity index (χ1) is 8.97. The van der Waals surface area contributed by atoms with Crippen LogP contribution in [0.3, 0.4) is 0 Å². The largest absolute Gasteiger partial charge is 0.368 e. The molecule has 0 aromatic carbocycles. The van der Waals surface area contributed by atoms with Gasteiger partial charge in [0, 0.05) is 6.54 Å². The Kier molecular flexibility index (Phi) is 3.55. The summed E-state index contributed by atoms with van der Waals surface area (Å²) in [6.07, 6.45) is 4.60. The Labute approximate surface area is 111 Å². The second-order valence-corrected chi connectivity index (χ2v) is 5.18. The maximum atomic E-state index is 11.1. The van der Waals surface area contributed by atoms with Gasteiger partial charge in [-0.05, 0) is 31.6 Å². The molecular formula is C12H19N5O2. The van der Waals surface area contributed by atoms with Crippen LogP contribution in [0.25, 0.3) is 0 Å². The van der Waals surface area contributed by atoms with E-state index in [2.05, 4.69) is 22.2 Å². The number of aromatic nitrogens is 2. The fourth-order valence-corrected chi connectivity index (χ4v) is 2.53. The monoisotopic (exact) mass is 265 g/mol. The number of aryl methyl sites for hydroxylation is 1. The molecule has 0 spiro atoms. The summed E-state index contributed by atoms with van der Waals surface area (Å²) < 4.78 is 0. The van der Waals surface area contributed by atoms with Crippen LogP contribution in [0.4, 0.5) is 17.5 Å². The third-order valence-electron chi connectivity index (χ3n) is 4.05. The van der Waals surface area contributed by atoms with Crippen molar-refractivity contribution in [2.75, 3.05) is 17.6 Å². The number of hydrogen-bond acceptors (Lipinski definition) is 6. The Morgan fingerprint density at radius 1 is 1.47 bits per heavy atom. The van der Waals surface area contributed by atoms with Crippen LogP contribution >= 0.6 is 0 Å². The number of nitrogens with one attached hydrogen (secondary N) is 1. The summed E-state index contributed by atoms with van der Waals surface area (Å²) >= 11 is 0. The average molecular weight is 265 g/mol. The SMILES string of the molecule is CCC1(CNc2nc(N)nc(C)c2[N+](=O)[O-])CCC1. The molecule has 2 rings (SSSR count). The minimum Gasteiger partial charge on any atom is -0.368 e. The van der Waals surface area contributed by atoms with Gasteiger partial charge in [0.25, 0.3) is 0 Å². The summed E-state index contributed by atoms with van der Waals surface area (Å²) in [7, 11) is 0. The van der Waals surface area contributed by atoms with Crippen LogP contribution in [-0.2, 0) is 0 Å². The van der Waals surface area contributed by atoms with E-state index < -0.39 is 4.92 Å². The zero-order valence-electron chi connectivity index (χ0n) is 11.3. The lowest BCUT2D eigenvalue weighted by molar-refractivity contribution is -0.385. The van der Waals surface area contributed by atoms with E-state index >= 15 is 0 Å². The molecule has 1 aliphatic carbocycles. The second-order valence-electron chi connectivity index (χ2n) is 5.18. The molecule has 0 saturated heterocycles. The molecule has 0 atom stereocenters. The maximum Gasteiger partial charge on any atom is 0.332 e. The topological polar surface area (TPSA) is 107 Å². The van der Waals surface area contributed by atoms with Gasteiger partial charge in [-0.3, -0.25) is 10.1 Å². The van der Waals surface area contributed by atoms with E-state index in [1.165, 1.54) is 6.42 Å². The van der Waals surface area contributed by atoms with Gasteiger partial charge in [-0.25, -0.2) is 4.98 Å². The first-order valence-electron chi connectivity index (χ1n) is 6.50. The highest BCUT2D eigenvalue weighted by molar-refractivity contribution is 5.60. The number of nitrogens with two attached hydrogens (primary N) is 1. The molecule has 104 valence electrons. The molecule has 3 N–H and O–H groups in total. The van der Waals surface area contributed by atoms with Crippen LogP contribution in [0, 0.1) is 22.5 Å². The number of nitrogen functional groups attached to an aromatic ring is 1. The van der Waals surface area contributed by atoms with Crippen molar-refractivity contribution in [2.24, 2.45) is 5.41 Å². The Hall–Kier alpha value is -1.92. The van der Waals surface area contributed by atoms with Crippen molar-refractivity contribution in [3.05, 3.63) is 15.8 Å². The number of nitro groups is 1. The van der Waals surface area contributed by atoms with Crippen LogP contribution in [0.15, 0.2) is 0 Å². The molecular weight excluding hydrogens is 246 g/mol. The summed E-state index contributed by atoms with van der Waals surface area (Å²) in [5.74, 6) is 0.291. The van der Waals surface area contributed by atoms with Gasteiger partial charge in [0.2, 0.25) is 11.8 Å². The Bertz CT molecular complexity index is 494. The van der Waals surface area contributed by atoms with Crippen LogP contribution in [-0.4, -0.2) is 21.4 Å². The van der Waals surface area contributed by atoms with Crippen molar-refractivity contribution in [3.63, 3.8) is 0 Å². The van der Waals surface area contributed by atoms with E-state index in [0.717, 1.165) is 19.3 Å². The summed E-state index contributed by atoms with van der Waals surface area (Å²) in [6, 6.07) is 0. The van der Waals surface area contributed by atoms with E-state index in [1.807, 2.05) is 0 Å². The first-order valence-corrected chi connectivity index (χ1v) is 6.50. The second kappa shape index (κ2) is 4.99. The molecule has 19 heavy (non-hydrogen) atoms. The van der Waals surface area contributed by atoms with Crippen LogP contribution < -0.4 is 11.1 Å². The van der Waals surface area contributed by atoms with Crippen molar-refractivity contribution in [3.8, 4) is 0 Å². The van der Waals surface area contributed by atoms with Gasteiger partial charge in [0.05, 0.1) is 4.92 Å². The van der Waals surface area contributed by atoms with Gasteiger partial charge in [-0.1, -0.05) is 13.3 Å². The standard InChI is InChI=1S/C12H19N5O2/c1-3-12(5-4-6-12)7-14-10-9(17(18)19)8(2)15-11(13)16-10/h3-7H2,1-2H3,(H3,13,14,15,16). The van der Waals surface area contributed by atoms with Gasteiger partial charge < -0.3 is 11.1 Å². The fraction of sp³-hybridized carbons (Fsp3) is 0.667. The van der Waals surface area contributed by atoms with Crippen molar-refractivity contribution in [1.29, 1.82) is 0 Å². The van der Waals surface area contributed by atoms with Crippen molar-refractivity contribution in [1.82, 2.24) is 9.97 Å². The lowest BCUT2D eigenvalue weighted by atomic mass is 9.67. The highest BCUT2D eigenvalue weighted by Crippen LogP contribution is 2.44. The predicted molar refractivity (Wildman–Crippen MR) is 72.9 cm³/mol.